The molecule has 0 bridgehead atoms. The lowest BCUT2D eigenvalue weighted by molar-refractivity contribution is 0.131. The van der Waals surface area contributed by atoms with Crippen molar-refractivity contribution < 1.29 is 15.1 Å². The van der Waals surface area contributed by atoms with Gasteiger partial charge in [0.1, 0.15) is 5.71 Å². The molecule has 2 rings (SSSR count). The average Bonchev–Trinajstić information content (AvgIpc) is 2.70. The van der Waals surface area contributed by atoms with E-state index in [2.05, 4.69) is 21.1 Å². The predicted octanol–water partition coefficient (Wildman–Crippen LogP) is 3.39. The zero-order valence-electron chi connectivity index (χ0n) is 10.5. The second-order valence-electron chi connectivity index (χ2n) is 4.56. The number of hydrogen-bond donors (Lipinski definition) is 2. The zero-order chi connectivity index (χ0) is 14.0. The number of aryl methyl sites for hydroxylation is 1. The molecule has 0 atom stereocenters. The van der Waals surface area contributed by atoms with E-state index in [1.54, 1.807) is 11.3 Å². The lowest BCUT2D eigenvalue weighted by Crippen LogP contribution is -2.39. The highest BCUT2D eigenvalue weighted by Gasteiger charge is 2.28. The molecule has 19 heavy (non-hydrogen) atoms. The number of likely N-dealkylation sites (tertiary alicyclic amines) is 1. The molecule has 0 aromatic carbocycles. The van der Waals surface area contributed by atoms with Gasteiger partial charge in [0.25, 0.3) is 0 Å². The molecule has 1 aromatic rings. The van der Waals surface area contributed by atoms with Crippen molar-refractivity contribution >= 4 is 39.1 Å². The van der Waals surface area contributed by atoms with Gasteiger partial charge < -0.3 is 15.2 Å². The van der Waals surface area contributed by atoms with E-state index in [-0.39, 0.29) is 5.92 Å². The molecule has 0 unspecified atom stereocenters. The highest BCUT2D eigenvalue weighted by Crippen LogP contribution is 2.32. The third-order valence-corrected chi connectivity index (χ3v) is 5.26. The second kappa shape index (κ2) is 5.92. The third kappa shape index (κ3) is 3.09. The van der Waals surface area contributed by atoms with Gasteiger partial charge in [-0.2, -0.15) is 0 Å². The predicted molar refractivity (Wildman–Crippen MR) is 77.4 cm³/mol. The maximum Gasteiger partial charge on any atom is 0.407 e. The van der Waals surface area contributed by atoms with Crippen molar-refractivity contribution in [3.8, 4) is 0 Å². The molecule has 0 spiro atoms. The van der Waals surface area contributed by atoms with Crippen LogP contribution in [-0.2, 0) is 0 Å². The minimum Gasteiger partial charge on any atom is -0.465 e. The smallest absolute Gasteiger partial charge is 0.407 e. The normalized spacial score (nSPS) is 17.8. The first-order valence-corrected chi connectivity index (χ1v) is 7.60. The minimum atomic E-state index is -0.880. The summed E-state index contributed by atoms with van der Waals surface area (Å²) in [7, 11) is 0. The Balaban J connectivity index is 2.13. The molecule has 1 aliphatic rings. The zero-order valence-corrected chi connectivity index (χ0v) is 12.9. The summed E-state index contributed by atoms with van der Waals surface area (Å²) in [6.07, 6.45) is 0.499. The molecule has 5 nitrogen and oxygen atoms in total. The van der Waals surface area contributed by atoms with Gasteiger partial charge in [0.15, 0.2) is 0 Å². The van der Waals surface area contributed by atoms with Crippen LogP contribution >= 0.6 is 27.3 Å². The van der Waals surface area contributed by atoms with Crippen molar-refractivity contribution in [1.82, 2.24) is 4.90 Å². The number of thiophene rings is 1. The van der Waals surface area contributed by atoms with Crippen LogP contribution in [0.15, 0.2) is 15.7 Å². The van der Waals surface area contributed by atoms with E-state index < -0.39 is 6.09 Å². The first-order chi connectivity index (χ1) is 9.02. The molecular weight excluding hydrogens is 332 g/mol. The van der Waals surface area contributed by atoms with Crippen molar-refractivity contribution in [3.63, 3.8) is 0 Å². The Hall–Kier alpha value is -1.08. The highest BCUT2D eigenvalue weighted by molar-refractivity contribution is 9.10. The van der Waals surface area contributed by atoms with E-state index in [1.807, 2.05) is 13.0 Å². The molecule has 0 aliphatic carbocycles. The summed E-state index contributed by atoms with van der Waals surface area (Å²) in [6, 6.07) is 2.00. The summed E-state index contributed by atoms with van der Waals surface area (Å²) in [5, 5.41) is 21.7. The van der Waals surface area contributed by atoms with Crippen LogP contribution < -0.4 is 0 Å². The van der Waals surface area contributed by atoms with Crippen LogP contribution in [0.1, 0.15) is 22.6 Å². The molecule has 0 saturated carbocycles. The van der Waals surface area contributed by atoms with Gasteiger partial charge >= 0.3 is 6.09 Å². The van der Waals surface area contributed by atoms with Gasteiger partial charge in [0.2, 0.25) is 0 Å². The van der Waals surface area contributed by atoms with Crippen LogP contribution in [-0.4, -0.2) is 40.1 Å². The van der Waals surface area contributed by atoms with Gasteiger partial charge in [0, 0.05) is 28.4 Å². The summed E-state index contributed by atoms with van der Waals surface area (Å²) in [5.74, 6) is 0.106. The summed E-state index contributed by atoms with van der Waals surface area (Å²) in [6.45, 7) is 2.98. The van der Waals surface area contributed by atoms with Gasteiger partial charge in [-0.25, -0.2) is 4.79 Å². The Morgan fingerprint density at radius 1 is 1.53 bits per heavy atom. The number of carbonyl (C=O) groups is 1. The molecule has 1 saturated heterocycles. The van der Waals surface area contributed by atoms with E-state index >= 15 is 0 Å². The molecular formula is C12H15BrN2O3S. The van der Waals surface area contributed by atoms with Gasteiger partial charge in [0.05, 0.1) is 4.88 Å². The van der Waals surface area contributed by atoms with E-state index in [0.717, 1.165) is 14.2 Å². The van der Waals surface area contributed by atoms with Crippen LogP contribution in [0.25, 0.3) is 0 Å². The molecule has 1 aromatic heterocycles. The lowest BCUT2D eigenvalue weighted by Gasteiger charge is -2.30. The standard InChI is InChI=1S/C12H15BrN2O3S/c1-7-6-9(13)11(19-7)10(14-18)8-2-4-15(5-3-8)12(16)17/h6,8,18H,2-5H2,1H3,(H,16,17)/b14-10+. The molecule has 2 heterocycles. The van der Waals surface area contributed by atoms with Crippen LogP contribution in [0.3, 0.4) is 0 Å². The minimum absolute atomic E-state index is 0.106. The van der Waals surface area contributed by atoms with Gasteiger partial charge in [-0.15, -0.1) is 11.3 Å². The van der Waals surface area contributed by atoms with Gasteiger partial charge in [-0.05, 0) is 41.8 Å². The second-order valence-corrected chi connectivity index (χ2v) is 6.67. The molecule has 7 heteroatoms. The molecule has 0 radical (unpaired) electrons. The third-order valence-electron chi connectivity index (χ3n) is 3.30. The number of halogens is 1. The van der Waals surface area contributed by atoms with E-state index in [4.69, 9.17) is 5.11 Å². The van der Waals surface area contributed by atoms with Crippen molar-refractivity contribution in [2.45, 2.75) is 19.8 Å². The van der Waals surface area contributed by atoms with E-state index in [9.17, 15) is 10.0 Å². The SMILES string of the molecule is Cc1cc(Br)c(/C(=N/O)C2CCN(C(=O)O)CC2)s1. The van der Waals surface area contributed by atoms with Crippen LogP contribution in [0, 0.1) is 12.8 Å². The number of oxime groups is 1. The van der Waals surface area contributed by atoms with Crippen molar-refractivity contribution in [2.24, 2.45) is 11.1 Å². The van der Waals surface area contributed by atoms with E-state index in [1.165, 1.54) is 4.90 Å². The van der Waals surface area contributed by atoms with Crippen molar-refractivity contribution in [2.75, 3.05) is 13.1 Å². The van der Waals surface area contributed by atoms with Gasteiger partial charge in [-0.3, -0.25) is 0 Å². The van der Waals surface area contributed by atoms with Crippen molar-refractivity contribution in [1.29, 1.82) is 0 Å². The topological polar surface area (TPSA) is 73.1 Å². The average molecular weight is 347 g/mol. The number of nitrogens with zero attached hydrogens (tertiary/aromatic N) is 2. The fourth-order valence-electron chi connectivity index (χ4n) is 2.31. The monoisotopic (exact) mass is 346 g/mol. The lowest BCUT2D eigenvalue weighted by atomic mass is 9.91. The molecule has 2 N–H and O–H groups in total. The Labute approximate surface area is 123 Å². The Morgan fingerprint density at radius 2 is 2.16 bits per heavy atom. The molecule has 104 valence electrons. The highest BCUT2D eigenvalue weighted by atomic mass is 79.9. The Kier molecular flexibility index (Phi) is 4.46. The first-order valence-electron chi connectivity index (χ1n) is 5.99. The number of carboxylic acid groups (broad SMARTS) is 1. The fourth-order valence-corrected chi connectivity index (χ4v) is 4.22. The van der Waals surface area contributed by atoms with Crippen LogP contribution in [0.5, 0.6) is 0 Å². The summed E-state index contributed by atoms with van der Waals surface area (Å²) >= 11 is 5.05. The summed E-state index contributed by atoms with van der Waals surface area (Å²) < 4.78 is 0.934. The number of piperidine rings is 1. The number of rotatable bonds is 2. The summed E-state index contributed by atoms with van der Waals surface area (Å²) in [4.78, 5) is 14.4. The fraction of sp³-hybridized carbons (Fsp3) is 0.500. The van der Waals surface area contributed by atoms with Crippen LogP contribution in [0.2, 0.25) is 0 Å². The summed E-state index contributed by atoms with van der Waals surface area (Å²) in [5.41, 5.74) is 0.662. The maximum atomic E-state index is 10.9. The number of amides is 1. The largest absolute Gasteiger partial charge is 0.465 e. The quantitative estimate of drug-likeness (QED) is 0.489. The number of hydrogen-bond acceptors (Lipinski definition) is 4. The molecule has 1 fully saturated rings. The molecule has 1 amide bonds. The maximum absolute atomic E-state index is 10.9. The first kappa shape index (κ1) is 14.3. The van der Waals surface area contributed by atoms with Gasteiger partial charge in [-0.1, -0.05) is 5.16 Å². The van der Waals surface area contributed by atoms with Crippen LogP contribution in [0.4, 0.5) is 4.79 Å². The Bertz CT molecular complexity index is 507. The van der Waals surface area contributed by atoms with E-state index in [0.29, 0.717) is 31.6 Å². The molecule has 1 aliphatic heterocycles. The Morgan fingerprint density at radius 3 is 2.58 bits per heavy atom. The van der Waals surface area contributed by atoms with Crippen molar-refractivity contribution in [3.05, 3.63) is 20.3 Å².